The highest BCUT2D eigenvalue weighted by atomic mass is 16.3. The molecule has 4 nitrogen and oxygen atoms in total. The molecule has 1 atom stereocenters. The lowest BCUT2D eigenvalue weighted by Gasteiger charge is -2.32. The number of hydrogen-bond acceptors (Lipinski definition) is 4. The minimum atomic E-state index is -0.615. The second-order valence-corrected chi connectivity index (χ2v) is 5.12. The number of aliphatic hydroxyl groups excluding tert-OH is 2. The van der Waals surface area contributed by atoms with Crippen LogP contribution >= 0.6 is 0 Å². The zero-order valence-electron chi connectivity index (χ0n) is 10.9. The molecule has 0 spiro atoms. The number of nitrogens with two attached hydrogens (primary N) is 1. The fourth-order valence-electron chi connectivity index (χ4n) is 2.67. The van der Waals surface area contributed by atoms with Gasteiger partial charge < -0.3 is 15.9 Å². The van der Waals surface area contributed by atoms with Crippen molar-refractivity contribution in [3.05, 3.63) is 0 Å². The maximum atomic E-state index is 9.61. The van der Waals surface area contributed by atoms with Crippen LogP contribution in [0.15, 0.2) is 0 Å². The van der Waals surface area contributed by atoms with Gasteiger partial charge in [0, 0.05) is 12.6 Å². The minimum absolute atomic E-state index is 0.147. The molecule has 1 rings (SSSR count). The molecule has 0 aromatic heterocycles. The van der Waals surface area contributed by atoms with E-state index in [0.29, 0.717) is 19.1 Å². The van der Waals surface area contributed by atoms with E-state index in [4.69, 9.17) is 10.8 Å². The fraction of sp³-hybridized carbons (Fsp3) is 1.00. The average Bonchev–Trinajstić information content (AvgIpc) is 2.62. The van der Waals surface area contributed by atoms with Gasteiger partial charge in [-0.05, 0) is 32.4 Å². The molecule has 102 valence electrons. The van der Waals surface area contributed by atoms with Gasteiger partial charge in [-0.15, -0.1) is 0 Å². The van der Waals surface area contributed by atoms with Crippen LogP contribution in [0.25, 0.3) is 0 Å². The number of nitrogens with zero attached hydrogens (tertiary/aromatic N) is 1. The van der Waals surface area contributed by atoms with Gasteiger partial charge in [0.15, 0.2) is 0 Å². The molecule has 0 heterocycles. The Morgan fingerprint density at radius 3 is 2.35 bits per heavy atom. The minimum Gasteiger partial charge on any atom is -0.394 e. The standard InChI is InChI=1S/C13H28N2O2/c14-8-5-9-15(10-13(17)11-16)12-6-3-1-2-4-7-12/h12-13,16-17H,1-11,14H2. The third-order valence-corrected chi connectivity index (χ3v) is 3.65. The number of hydrogen-bond donors (Lipinski definition) is 3. The summed E-state index contributed by atoms with van der Waals surface area (Å²) in [6, 6.07) is 0.574. The Kier molecular flexibility index (Phi) is 7.77. The van der Waals surface area contributed by atoms with Crippen molar-refractivity contribution in [2.45, 2.75) is 57.1 Å². The third-order valence-electron chi connectivity index (χ3n) is 3.65. The molecule has 4 heteroatoms. The van der Waals surface area contributed by atoms with Crippen LogP contribution in [0.4, 0.5) is 0 Å². The monoisotopic (exact) mass is 244 g/mol. The number of rotatable bonds is 7. The SMILES string of the molecule is NCCCN(CC(O)CO)C1CCCCCC1. The molecular weight excluding hydrogens is 216 g/mol. The summed E-state index contributed by atoms with van der Waals surface area (Å²) in [7, 11) is 0. The van der Waals surface area contributed by atoms with Gasteiger partial charge in [-0.2, -0.15) is 0 Å². The molecule has 4 N–H and O–H groups in total. The molecule has 0 aliphatic heterocycles. The molecule has 1 saturated carbocycles. The van der Waals surface area contributed by atoms with Crippen LogP contribution < -0.4 is 5.73 Å². The van der Waals surface area contributed by atoms with E-state index in [1.807, 2.05) is 0 Å². The molecule has 1 unspecified atom stereocenters. The van der Waals surface area contributed by atoms with E-state index in [-0.39, 0.29) is 6.61 Å². The Balaban J connectivity index is 2.46. The average molecular weight is 244 g/mol. The lowest BCUT2D eigenvalue weighted by Crippen LogP contribution is -2.42. The van der Waals surface area contributed by atoms with Crippen molar-refractivity contribution in [2.24, 2.45) is 5.73 Å². The molecular formula is C13H28N2O2. The maximum Gasteiger partial charge on any atom is 0.0897 e. The first kappa shape index (κ1) is 14.9. The summed E-state index contributed by atoms with van der Waals surface area (Å²) in [5, 5.41) is 18.6. The highest BCUT2D eigenvalue weighted by Crippen LogP contribution is 2.22. The van der Waals surface area contributed by atoms with Crippen LogP contribution in [-0.2, 0) is 0 Å². The van der Waals surface area contributed by atoms with Gasteiger partial charge in [0.2, 0.25) is 0 Å². The van der Waals surface area contributed by atoms with Gasteiger partial charge >= 0.3 is 0 Å². The van der Waals surface area contributed by atoms with E-state index >= 15 is 0 Å². The molecule has 0 radical (unpaired) electrons. The lowest BCUT2D eigenvalue weighted by molar-refractivity contribution is 0.0410. The van der Waals surface area contributed by atoms with Gasteiger partial charge in [0.25, 0.3) is 0 Å². The van der Waals surface area contributed by atoms with Crippen LogP contribution in [0, 0.1) is 0 Å². The smallest absolute Gasteiger partial charge is 0.0897 e. The molecule has 0 aromatic rings. The normalized spacial score (nSPS) is 20.5. The molecule has 0 bridgehead atoms. The number of aliphatic hydroxyl groups is 2. The van der Waals surface area contributed by atoms with E-state index in [1.165, 1.54) is 38.5 Å². The van der Waals surface area contributed by atoms with E-state index < -0.39 is 6.10 Å². The molecule has 1 fully saturated rings. The second-order valence-electron chi connectivity index (χ2n) is 5.12. The van der Waals surface area contributed by atoms with Gasteiger partial charge in [0.1, 0.15) is 0 Å². The Bertz CT molecular complexity index is 182. The van der Waals surface area contributed by atoms with Gasteiger partial charge in [-0.1, -0.05) is 25.7 Å². The van der Waals surface area contributed by atoms with Gasteiger partial charge in [0.05, 0.1) is 12.7 Å². The van der Waals surface area contributed by atoms with E-state index in [2.05, 4.69) is 4.90 Å². The van der Waals surface area contributed by atoms with Crippen molar-refractivity contribution in [1.82, 2.24) is 4.90 Å². The highest BCUT2D eigenvalue weighted by molar-refractivity contribution is 4.77. The van der Waals surface area contributed by atoms with E-state index in [1.54, 1.807) is 0 Å². The quantitative estimate of drug-likeness (QED) is 0.577. The zero-order valence-corrected chi connectivity index (χ0v) is 10.9. The van der Waals surface area contributed by atoms with E-state index in [9.17, 15) is 5.11 Å². The summed E-state index contributed by atoms with van der Waals surface area (Å²) in [6.45, 7) is 2.07. The third kappa shape index (κ3) is 5.82. The van der Waals surface area contributed by atoms with Crippen molar-refractivity contribution < 1.29 is 10.2 Å². The maximum absolute atomic E-state index is 9.61. The summed E-state index contributed by atoms with van der Waals surface area (Å²) >= 11 is 0. The van der Waals surface area contributed by atoms with Crippen molar-refractivity contribution in [3.63, 3.8) is 0 Å². The van der Waals surface area contributed by atoms with Crippen LogP contribution in [0.3, 0.4) is 0 Å². The molecule has 1 aliphatic carbocycles. The van der Waals surface area contributed by atoms with Gasteiger partial charge in [-0.3, -0.25) is 4.90 Å². The topological polar surface area (TPSA) is 69.7 Å². The van der Waals surface area contributed by atoms with Crippen LogP contribution in [0.1, 0.15) is 44.9 Å². The summed E-state index contributed by atoms with van der Waals surface area (Å²) in [6.07, 6.45) is 8.06. The molecule has 1 aliphatic rings. The van der Waals surface area contributed by atoms with Gasteiger partial charge in [-0.25, -0.2) is 0 Å². The summed E-state index contributed by atoms with van der Waals surface area (Å²) in [5.41, 5.74) is 5.56. The Hall–Kier alpha value is -0.160. The molecule has 17 heavy (non-hydrogen) atoms. The summed E-state index contributed by atoms with van der Waals surface area (Å²) < 4.78 is 0. The largest absolute Gasteiger partial charge is 0.394 e. The Morgan fingerprint density at radius 1 is 1.18 bits per heavy atom. The van der Waals surface area contributed by atoms with Crippen LogP contribution in [0.5, 0.6) is 0 Å². The Labute approximate surface area is 105 Å². The summed E-state index contributed by atoms with van der Waals surface area (Å²) in [5.74, 6) is 0. The molecule has 0 saturated heterocycles. The van der Waals surface area contributed by atoms with Crippen molar-refractivity contribution in [3.8, 4) is 0 Å². The van der Waals surface area contributed by atoms with Crippen LogP contribution in [-0.4, -0.2) is 53.5 Å². The van der Waals surface area contributed by atoms with E-state index in [0.717, 1.165) is 13.0 Å². The van der Waals surface area contributed by atoms with Crippen molar-refractivity contribution >= 4 is 0 Å². The molecule has 0 aromatic carbocycles. The summed E-state index contributed by atoms with van der Waals surface area (Å²) in [4.78, 5) is 2.33. The van der Waals surface area contributed by atoms with Crippen molar-refractivity contribution in [1.29, 1.82) is 0 Å². The fourth-order valence-corrected chi connectivity index (χ4v) is 2.67. The first-order chi connectivity index (χ1) is 8.27. The Morgan fingerprint density at radius 2 is 1.82 bits per heavy atom. The van der Waals surface area contributed by atoms with Crippen LogP contribution in [0.2, 0.25) is 0 Å². The lowest BCUT2D eigenvalue weighted by atomic mass is 10.1. The zero-order chi connectivity index (χ0) is 12.5. The predicted molar refractivity (Wildman–Crippen MR) is 69.8 cm³/mol. The molecule has 0 amide bonds. The van der Waals surface area contributed by atoms with Crippen molar-refractivity contribution in [2.75, 3.05) is 26.2 Å². The first-order valence-corrected chi connectivity index (χ1v) is 7.01. The highest BCUT2D eigenvalue weighted by Gasteiger charge is 2.21. The second kappa shape index (κ2) is 8.86. The predicted octanol–water partition coefficient (Wildman–Crippen LogP) is 0.713. The first-order valence-electron chi connectivity index (χ1n) is 7.01.